The molecule has 8 aromatic carbocycles. The minimum atomic E-state index is 0.0468. The van der Waals surface area contributed by atoms with Crippen LogP contribution < -0.4 is 0 Å². The van der Waals surface area contributed by atoms with E-state index in [1.165, 1.54) is 82.6 Å². The van der Waals surface area contributed by atoms with Gasteiger partial charge in [0, 0.05) is 22.7 Å². The highest BCUT2D eigenvalue weighted by molar-refractivity contribution is 6.28. The predicted octanol–water partition coefficient (Wildman–Crippen LogP) is 13.5. The van der Waals surface area contributed by atoms with E-state index in [-0.39, 0.29) is 5.41 Å². The van der Waals surface area contributed by atoms with Gasteiger partial charge in [-0.1, -0.05) is 149 Å². The van der Waals surface area contributed by atoms with Gasteiger partial charge < -0.3 is 9.98 Å². The monoisotopic (exact) mass is 654 g/mol. The molecule has 1 N–H and O–H groups in total. The number of nitrogens with one attached hydrogen (secondary N) is 1. The Labute approximate surface area is 298 Å². The van der Waals surface area contributed by atoms with Crippen LogP contribution in [0.1, 0.15) is 31.9 Å². The van der Waals surface area contributed by atoms with E-state index < -0.39 is 0 Å². The summed E-state index contributed by atoms with van der Waals surface area (Å²) in [4.78, 5) is 0. The largest absolute Gasteiger partial charge is 0.309 e. The smallest absolute Gasteiger partial charge is 0.0541 e. The Morgan fingerprint density at radius 2 is 1.20 bits per heavy atom. The van der Waals surface area contributed by atoms with Crippen LogP contribution in [0.4, 0.5) is 0 Å². The minimum absolute atomic E-state index is 0.0468. The highest BCUT2D eigenvalue weighted by atomic mass is 15.0. The normalized spacial score (nSPS) is 12.5. The number of hydrogen-bond donors (Lipinski definition) is 1. The second-order valence-electron chi connectivity index (χ2n) is 14.6. The molecule has 0 aliphatic rings. The predicted molar refractivity (Wildman–Crippen MR) is 221 cm³/mol. The van der Waals surface area contributed by atoms with Crippen molar-refractivity contribution in [3.8, 4) is 27.9 Å². The first-order valence-electron chi connectivity index (χ1n) is 17.6. The molecule has 51 heavy (non-hydrogen) atoms. The number of aromatic nitrogens is 1. The molecule has 0 spiro atoms. The van der Waals surface area contributed by atoms with E-state index in [2.05, 4.69) is 171 Å². The number of fused-ring (bicyclic) bond motifs is 3. The molecular weight excluding hydrogens is 617 g/mol. The molecule has 1 aromatic heterocycles. The third kappa shape index (κ3) is 4.90. The topological polar surface area (TPSA) is 28.8 Å². The van der Waals surface area contributed by atoms with Crippen molar-refractivity contribution >= 4 is 65.9 Å². The summed E-state index contributed by atoms with van der Waals surface area (Å²) in [7, 11) is 0. The van der Waals surface area contributed by atoms with Crippen molar-refractivity contribution in [1.82, 2.24) is 4.57 Å². The molecule has 0 aliphatic heterocycles. The lowest BCUT2D eigenvalue weighted by Crippen LogP contribution is -2.10. The summed E-state index contributed by atoms with van der Waals surface area (Å²) in [5.41, 5.74) is 11.5. The molecule has 9 aromatic rings. The van der Waals surface area contributed by atoms with Crippen LogP contribution in [-0.2, 0) is 5.41 Å². The Bertz CT molecular complexity index is 2780. The van der Waals surface area contributed by atoms with Crippen LogP contribution in [0.2, 0.25) is 0 Å². The number of rotatable bonds is 6. The van der Waals surface area contributed by atoms with Crippen LogP contribution in [-0.4, -0.2) is 10.8 Å². The summed E-state index contributed by atoms with van der Waals surface area (Å²) < 4.78 is 2.40. The first kappa shape index (κ1) is 30.8. The maximum Gasteiger partial charge on any atom is 0.0541 e. The van der Waals surface area contributed by atoms with Crippen molar-refractivity contribution in [2.75, 3.05) is 0 Å². The van der Waals surface area contributed by atoms with Crippen LogP contribution in [0.5, 0.6) is 0 Å². The van der Waals surface area contributed by atoms with E-state index >= 15 is 0 Å². The highest BCUT2D eigenvalue weighted by Crippen LogP contribution is 2.45. The summed E-state index contributed by atoms with van der Waals surface area (Å²) in [6.07, 6.45) is 5.01. The van der Waals surface area contributed by atoms with Crippen LogP contribution in [0.3, 0.4) is 0 Å². The van der Waals surface area contributed by atoms with Gasteiger partial charge in [-0.05, 0) is 107 Å². The lowest BCUT2D eigenvalue weighted by atomic mass is 9.81. The number of nitrogens with zero attached hydrogens (tertiary/aromatic N) is 1. The van der Waals surface area contributed by atoms with Crippen molar-refractivity contribution in [2.45, 2.75) is 26.2 Å². The first-order chi connectivity index (χ1) is 24.8. The van der Waals surface area contributed by atoms with Gasteiger partial charge in [0.15, 0.2) is 0 Å². The molecule has 0 radical (unpaired) electrons. The van der Waals surface area contributed by atoms with E-state index in [0.717, 1.165) is 22.4 Å². The second kappa shape index (κ2) is 11.7. The lowest BCUT2D eigenvalue weighted by Gasteiger charge is -2.23. The standard InChI is InChI=1S/C49H38N2/c1-5-11-36(30-50)31-18-20-32(21-19-31)43-29-44(42-25-23-35-27-37(49(2,3)4)26-34-22-24-41(43)48(42)47(34)35)33-12-10-13-38(28-33)51-45-16-8-6-14-39(45)40-15-7-9-17-46(40)51/h5-30,50H,1H2,2-4H3/b36-11+,50-30?. The van der Waals surface area contributed by atoms with Crippen LogP contribution in [0.25, 0.3) is 87.6 Å². The van der Waals surface area contributed by atoms with Gasteiger partial charge in [-0.3, -0.25) is 0 Å². The summed E-state index contributed by atoms with van der Waals surface area (Å²) >= 11 is 0. The molecule has 1 heterocycles. The fraction of sp³-hybridized carbons (Fsp3) is 0.0816. The first-order valence-corrected chi connectivity index (χ1v) is 17.6. The summed E-state index contributed by atoms with van der Waals surface area (Å²) in [6, 6.07) is 51.5. The Balaban J connectivity index is 1.33. The number of benzene rings is 8. The molecule has 0 unspecified atom stereocenters. The van der Waals surface area contributed by atoms with Gasteiger partial charge in [-0.15, -0.1) is 0 Å². The van der Waals surface area contributed by atoms with Crippen LogP contribution in [0.15, 0.2) is 158 Å². The second-order valence-corrected chi connectivity index (χ2v) is 14.6. The van der Waals surface area contributed by atoms with Gasteiger partial charge in [0.2, 0.25) is 0 Å². The van der Waals surface area contributed by atoms with E-state index in [0.29, 0.717) is 0 Å². The molecule has 0 atom stereocenters. The van der Waals surface area contributed by atoms with Crippen molar-refractivity contribution < 1.29 is 0 Å². The molecule has 9 rings (SSSR count). The molecule has 0 saturated heterocycles. The van der Waals surface area contributed by atoms with Crippen LogP contribution >= 0.6 is 0 Å². The molecule has 2 heteroatoms. The third-order valence-electron chi connectivity index (χ3n) is 10.6. The van der Waals surface area contributed by atoms with E-state index in [9.17, 15) is 0 Å². The number of para-hydroxylation sites is 2. The van der Waals surface area contributed by atoms with Crippen molar-refractivity contribution in [3.05, 3.63) is 169 Å². The van der Waals surface area contributed by atoms with Gasteiger partial charge in [-0.2, -0.15) is 0 Å². The van der Waals surface area contributed by atoms with Crippen LogP contribution in [0, 0.1) is 5.41 Å². The summed E-state index contributed by atoms with van der Waals surface area (Å²) in [5, 5.41) is 18.1. The average Bonchev–Trinajstić information content (AvgIpc) is 3.50. The maximum atomic E-state index is 7.94. The Morgan fingerprint density at radius 3 is 1.78 bits per heavy atom. The molecule has 244 valence electrons. The average molecular weight is 655 g/mol. The van der Waals surface area contributed by atoms with E-state index in [1.54, 1.807) is 6.08 Å². The van der Waals surface area contributed by atoms with E-state index in [1.807, 2.05) is 6.08 Å². The highest BCUT2D eigenvalue weighted by Gasteiger charge is 2.21. The van der Waals surface area contributed by atoms with Gasteiger partial charge in [0.05, 0.1) is 11.0 Å². The third-order valence-corrected chi connectivity index (χ3v) is 10.6. The molecule has 0 fully saturated rings. The van der Waals surface area contributed by atoms with Crippen molar-refractivity contribution in [3.63, 3.8) is 0 Å². The number of hydrogen-bond acceptors (Lipinski definition) is 1. The molecular formula is C49H38N2. The zero-order valence-corrected chi connectivity index (χ0v) is 29.2. The van der Waals surface area contributed by atoms with E-state index in [4.69, 9.17) is 5.41 Å². The van der Waals surface area contributed by atoms with Gasteiger partial charge >= 0.3 is 0 Å². The van der Waals surface area contributed by atoms with Crippen molar-refractivity contribution in [2.24, 2.45) is 0 Å². The van der Waals surface area contributed by atoms with Gasteiger partial charge in [0.1, 0.15) is 0 Å². The molecule has 0 amide bonds. The molecule has 0 saturated carbocycles. The summed E-state index contributed by atoms with van der Waals surface area (Å²) in [5.74, 6) is 0. The minimum Gasteiger partial charge on any atom is -0.309 e. The number of allylic oxidation sites excluding steroid dienone is 3. The Kier molecular flexibility index (Phi) is 7.05. The molecule has 0 aliphatic carbocycles. The molecule has 2 nitrogen and oxygen atoms in total. The fourth-order valence-electron chi connectivity index (χ4n) is 8.04. The zero-order valence-electron chi connectivity index (χ0n) is 29.2. The lowest BCUT2D eigenvalue weighted by molar-refractivity contribution is 0.591. The summed E-state index contributed by atoms with van der Waals surface area (Å²) in [6.45, 7) is 10.7. The zero-order chi connectivity index (χ0) is 34.9. The van der Waals surface area contributed by atoms with Crippen molar-refractivity contribution in [1.29, 1.82) is 5.41 Å². The van der Waals surface area contributed by atoms with Gasteiger partial charge in [-0.25, -0.2) is 0 Å². The maximum absolute atomic E-state index is 7.94. The SMILES string of the molecule is C=C/C=C(\C=N)c1ccc(-c2cc(-c3cccc(-n4c5ccccc5c5ccccc54)c3)c3ccc4cc(C(C)(C)C)cc5ccc2c3c54)cc1. The Hall–Kier alpha value is -6.25. The fourth-order valence-corrected chi connectivity index (χ4v) is 8.04. The molecule has 0 bridgehead atoms. The van der Waals surface area contributed by atoms with Gasteiger partial charge in [0.25, 0.3) is 0 Å². The quantitative estimate of drug-likeness (QED) is 0.105. The Morgan fingerprint density at radius 1 is 0.588 bits per heavy atom.